The third-order valence-electron chi connectivity index (χ3n) is 2.30. The van der Waals surface area contributed by atoms with Crippen molar-refractivity contribution in [1.29, 1.82) is 0 Å². The second kappa shape index (κ2) is 5.79. The van der Waals surface area contributed by atoms with Gasteiger partial charge in [-0.05, 0) is 6.92 Å². The number of thiocarbonyl (C=S) groups is 1. The van der Waals surface area contributed by atoms with Crippen LogP contribution >= 0.6 is 23.8 Å². The molecule has 1 aromatic rings. The van der Waals surface area contributed by atoms with Gasteiger partial charge in [-0.15, -0.1) is 0 Å². The van der Waals surface area contributed by atoms with Crippen LogP contribution in [0.15, 0.2) is 0 Å². The third-order valence-corrected chi connectivity index (χ3v) is 3.48. The van der Waals surface area contributed by atoms with Crippen molar-refractivity contribution in [3.8, 4) is 0 Å². The van der Waals surface area contributed by atoms with Crippen molar-refractivity contribution in [2.24, 2.45) is 11.7 Å². The third kappa shape index (κ3) is 3.77. The zero-order valence-electron chi connectivity index (χ0n) is 9.86. The van der Waals surface area contributed by atoms with Gasteiger partial charge in [-0.25, -0.2) is 0 Å². The Bertz CT molecular complexity index is 418. The van der Waals surface area contributed by atoms with Gasteiger partial charge in [-0.3, -0.25) is 0 Å². The summed E-state index contributed by atoms with van der Waals surface area (Å²) in [5.74, 6) is -1.21. The minimum atomic E-state index is -4.51. The Kier molecular flexibility index (Phi) is 4.85. The summed E-state index contributed by atoms with van der Waals surface area (Å²) in [5.41, 5.74) is 5.48. The molecule has 1 rings (SSSR count). The molecular weight excluding hydrogens is 285 g/mol. The van der Waals surface area contributed by atoms with E-state index in [1.807, 2.05) is 13.8 Å². The van der Waals surface area contributed by atoms with Gasteiger partial charge in [-0.2, -0.15) is 22.5 Å². The molecule has 1 unspecified atom stereocenters. The fraction of sp³-hybridized carbons (Fsp3) is 0.667. The Morgan fingerprint density at radius 3 is 2.56 bits per heavy atom. The standard InChI is InChI=1S/C9H13F3N4S2/c1-3-16(4-5(2)6(13)17)8-14-7(15-18-8)9(10,11)12/h5H,3-4H2,1-2H3,(H2,13,17). The quantitative estimate of drug-likeness (QED) is 0.845. The number of hydrogen-bond donors (Lipinski definition) is 1. The van der Waals surface area contributed by atoms with Crippen molar-refractivity contribution in [3.63, 3.8) is 0 Å². The minimum absolute atomic E-state index is 0.0989. The molecule has 0 saturated carbocycles. The molecule has 0 aliphatic heterocycles. The van der Waals surface area contributed by atoms with Crippen molar-refractivity contribution in [2.75, 3.05) is 18.0 Å². The molecule has 0 saturated heterocycles. The summed E-state index contributed by atoms with van der Waals surface area (Å²) in [6.45, 7) is 4.58. The van der Waals surface area contributed by atoms with E-state index in [0.29, 0.717) is 18.1 Å². The van der Waals surface area contributed by atoms with Crippen LogP contribution in [0.5, 0.6) is 0 Å². The number of hydrogen-bond acceptors (Lipinski definition) is 5. The molecule has 18 heavy (non-hydrogen) atoms. The summed E-state index contributed by atoms with van der Waals surface area (Å²) in [6.07, 6.45) is -4.51. The van der Waals surface area contributed by atoms with Gasteiger partial charge in [0.05, 0.1) is 4.99 Å². The van der Waals surface area contributed by atoms with Crippen LogP contribution in [0.25, 0.3) is 0 Å². The van der Waals surface area contributed by atoms with Gasteiger partial charge < -0.3 is 10.6 Å². The number of aromatic nitrogens is 2. The van der Waals surface area contributed by atoms with Gasteiger partial charge in [-0.1, -0.05) is 19.1 Å². The Labute approximate surface area is 112 Å². The minimum Gasteiger partial charge on any atom is -0.393 e. The fourth-order valence-electron chi connectivity index (χ4n) is 1.22. The van der Waals surface area contributed by atoms with Gasteiger partial charge in [0.2, 0.25) is 11.0 Å². The Balaban J connectivity index is 2.83. The summed E-state index contributed by atoms with van der Waals surface area (Å²) in [4.78, 5) is 5.49. The topological polar surface area (TPSA) is 55.0 Å². The van der Waals surface area contributed by atoms with Crippen LogP contribution in [0.1, 0.15) is 19.7 Å². The lowest BCUT2D eigenvalue weighted by Crippen LogP contribution is -2.33. The van der Waals surface area contributed by atoms with E-state index in [4.69, 9.17) is 18.0 Å². The van der Waals surface area contributed by atoms with Crippen LogP contribution < -0.4 is 10.6 Å². The first-order valence-electron chi connectivity index (χ1n) is 5.20. The van der Waals surface area contributed by atoms with E-state index in [2.05, 4.69) is 9.36 Å². The fourth-order valence-corrected chi connectivity index (χ4v) is 2.06. The number of anilines is 1. The maximum Gasteiger partial charge on any atom is 0.452 e. The van der Waals surface area contributed by atoms with Gasteiger partial charge in [0.15, 0.2) is 0 Å². The van der Waals surface area contributed by atoms with E-state index >= 15 is 0 Å². The smallest absolute Gasteiger partial charge is 0.393 e. The predicted molar refractivity (Wildman–Crippen MR) is 68.7 cm³/mol. The number of alkyl halides is 3. The molecule has 0 amide bonds. The number of nitrogens with two attached hydrogens (primary N) is 1. The first-order valence-corrected chi connectivity index (χ1v) is 6.39. The highest BCUT2D eigenvalue weighted by Crippen LogP contribution is 2.30. The molecule has 1 aromatic heterocycles. The largest absolute Gasteiger partial charge is 0.452 e. The molecule has 0 aliphatic rings. The molecule has 102 valence electrons. The molecule has 0 spiro atoms. The van der Waals surface area contributed by atoms with Gasteiger partial charge in [0, 0.05) is 30.5 Å². The molecule has 0 radical (unpaired) electrons. The van der Waals surface area contributed by atoms with E-state index in [-0.39, 0.29) is 11.0 Å². The van der Waals surface area contributed by atoms with Crippen molar-refractivity contribution in [3.05, 3.63) is 5.82 Å². The normalized spacial score (nSPS) is 13.4. The van der Waals surface area contributed by atoms with Crippen LogP contribution in [-0.2, 0) is 6.18 Å². The van der Waals surface area contributed by atoms with Crippen LogP contribution in [-0.4, -0.2) is 27.4 Å². The molecule has 4 nitrogen and oxygen atoms in total. The van der Waals surface area contributed by atoms with Gasteiger partial charge in [0.25, 0.3) is 0 Å². The molecule has 9 heteroatoms. The lowest BCUT2D eigenvalue weighted by atomic mass is 10.2. The summed E-state index contributed by atoms with van der Waals surface area (Å²) in [7, 11) is 0. The Hall–Kier alpha value is -0.960. The van der Waals surface area contributed by atoms with E-state index in [1.54, 1.807) is 4.90 Å². The SMILES string of the molecule is CCN(CC(C)C(N)=S)c1nc(C(F)(F)F)ns1. The molecule has 0 aliphatic carbocycles. The molecule has 1 atom stereocenters. The van der Waals surface area contributed by atoms with Crippen LogP contribution in [0, 0.1) is 5.92 Å². The monoisotopic (exact) mass is 298 g/mol. The first kappa shape index (κ1) is 15.1. The average molecular weight is 298 g/mol. The number of nitrogens with zero attached hydrogens (tertiary/aromatic N) is 3. The van der Waals surface area contributed by atoms with Crippen molar-refractivity contribution in [2.45, 2.75) is 20.0 Å². The van der Waals surface area contributed by atoms with Crippen molar-refractivity contribution in [1.82, 2.24) is 9.36 Å². The maximum atomic E-state index is 12.4. The van der Waals surface area contributed by atoms with Gasteiger partial charge in [0.1, 0.15) is 0 Å². The second-order valence-electron chi connectivity index (χ2n) is 3.74. The summed E-state index contributed by atoms with van der Waals surface area (Å²) in [6, 6.07) is 0. The van der Waals surface area contributed by atoms with Crippen LogP contribution in [0.2, 0.25) is 0 Å². The lowest BCUT2D eigenvalue weighted by molar-refractivity contribution is -0.144. The predicted octanol–water partition coefficient (Wildman–Crippen LogP) is 2.31. The second-order valence-corrected chi connectivity index (χ2v) is 4.94. The lowest BCUT2D eigenvalue weighted by Gasteiger charge is -2.22. The molecular formula is C9H13F3N4S2. The highest BCUT2D eigenvalue weighted by molar-refractivity contribution is 7.80. The van der Waals surface area contributed by atoms with Crippen LogP contribution in [0.4, 0.5) is 18.3 Å². The Morgan fingerprint density at radius 1 is 1.56 bits per heavy atom. The molecule has 0 fully saturated rings. The molecule has 2 N–H and O–H groups in total. The summed E-state index contributed by atoms with van der Waals surface area (Å²) >= 11 is 5.56. The summed E-state index contributed by atoms with van der Waals surface area (Å²) < 4.78 is 40.5. The zero-order valence-corrected chi connectivity index (χ0v) is 11.5. The van der Waals surface area contributed by atoms with E-state index < -0.39 is 12.0 Å². The highest BCUT2D eigenvalue weighted by atomic mass is 32.1. The number of rotatable bonds is 5. The molecule has 0 aromatic carbocycles. The van der Waals surface area contributed by atoms with Crippen molar-refractivity contribution >= 4 is 33.9 Å². The molecule has 0 bridgehead atoms. The maximum absolute atomic E-state index is 12.4. The Morgan fingerprint density at radius 2 is 2.17 bits per heavy atom. The first-order chi connectivity index (χ1) is 8.25. The van der Waals surface area contributed by atoms with E-state index in [9.17, 15) is 13.2 Å². The zero-order chi connectivity index (χ0) is 13.9. The van der Waals surface area contributed by atoms with E-state index in [0.717, 1.165) is 11.5 Å². The summed E-state index contributed by atoms with van der Waals surface area (Å²) in [5, 5.41) is 0.230. The van der Waals surface area contributed by atoms with Crippen molar-refractivity contribution < 1.29 is 13.2 Å². The molecule has 1 heterocycles. The van der Waals surface area contributed by atoms with Gasteiger partial charge >= 0.3 is 6.18 Å². The number of halogens is 3. The van der Waals surface area contributed by atoms with Crippen LogP contribution in [0.3, 0.4) is 0 Å². The average Bonchev–Trinajstić information content (AvgIpc) is 2.73. The highest BCUT2D eigenvalue weighted by Gasteiger charge is 2.36. The van der Waals surface area contributed by atoms with E-state index in [1.165, 1.54) is 0 Å².